The zero-order chi connectivity index (χ0) is 14.8. The van der Waals surface area contributed by atoms with Crippen molar-refractivity contribution in [2.45, 2.75) is 31.9 Å². The fourth-order valence-electron chi connectivity index (χ4n) is 2.94. The monoisotopic (exact) mass is 288 g/mol. The van der Waals surface area contributed by atoms with Crippen molar-refractivity contribution in [3.05, 3.63) is 35.4 Å². The molecule has 1 aromatic rings. The second-order valence-corrected chi connectivity index (χ2v) is 5.64. The molecule has 2 aliphatic heterocycles. The van der Waals surface area contributed by atoms with Gasteiger partial charge in [-0.25, -0.2) is 0 Å². The maximum Gasteiger partial charge on any atom is 0.252 e. The Labute approximate surface area is 124 Å². The van der Waals surface area contributed by atoms with Gasteiger partial charge in [0.15, 0.2) is 0 Å². The van der Waals surface area contributed by atoms with Crippen LogP contribution in [0.5, 0.6) is 0 Å². The number of hydrogen-bond donors (Lipinski definition) is 1. The molecule has 2 fully saturated rings. The molecule has 3 rings (SSSR count). The third-order valence-electron chi connectivity index (χ3n) is 4.09. The van der Waals surface area contributed by atoms with E-state index in [1.165, 1.54) is 0 Å². The van der Waals surface area contributed by atoms with Crippen molar-refractivity contribution < 1.29 is 14.3 Å². The first kappa shape index (κ1) is 14.1. The van der Waals surface area contributed by atoms with Gasteiger partial charge in [0, 0.05) is 19.7 Å². The molecule has 5 nitrogen and oxygen atoms in total. The fraction of sp³-hybridized carbons (Fsp3) is 0.500. The molecular weight excluding hydrogens is 268 g/mol. The third-order valence-corrected chi connectivity index (χ3v) is 4.09. The number of carbonyl (C=O) groups excluding carboxylic acids is 2. The van der Waals surface area contributed by atoms with Crippen LogP contribution in [0.2, 0.25) is 0 Å². The van der Waals surface area contributed by atoms with Gasteiger partial charge in [0.05, 0.1) is 0 Å². The van der Waals surface area contributed by atoms with E-state index in [0.29, 0.717) is 19.7 Å². The summed E-state index contributed by atoms with van der Waals surface area (Å²) in [4.78, 5) is 26.5. The summed E-state index contributed by atoms with van der Waals surface area (Å²) < 4.78 is 5.48. The summed E-state index contributed by atoms with van der Waals surface area (Å²) in [7, 11) is 0. The van der Waals surface area contributed by atoms with Crippen molar-refractivity contribution in [1.82, 2.24) is 10.2 Å². The Hall–Kier alpha value is -1.88. The summed E-state index contributed by atoms with van der Waals surface area (Å²) in [6, 6.07) is 7.22. The number of piperazine rings is 1. The topological polar surface area (TPSA) is 58.6 Å². The van der Waals surface area contributed by atoms with Crippen LogP contribution in [0.1, 0.15) is 30.0 Å². The molecular formula is C16H20N2O3. The molecule has 0 saturated carbocycles. The van der Waals surface area contributed by atoms with Crippen LogP contribution < -0.4 is 5.32 Å². The molecule has 21 heavy (non-hydrogen) atoms. The molecule has 0 spiro atoms. The van der Waals surface area contributed by atoms with Gasteiger partial charge in [-0.05, 0) is 25.3 Å². The molecule has 2 unspecified atom stereocenters. The van der Waals surface area contributed by atoms with E-state index in [9.17, 15) is 9.59 Å². The maximum atomic E-state index is 12.6. The maximum absolute atomic E-state index is 12.6. The van der Waals surface area contributed by atoms with E-state index in [1.54, 1.807) is 4.90 Å². The number of nitrogens with one attached hydrogen (secondary N) is 1. The van der Waals surface area contributed by atoms with Gasteiger partial charge >= 0.3 is 0 Å². The number of ether oxygens (including phenoxy) is 1. The molecule has 0 bridgehead atoms. The SMILES string of the molecule is Cc1ccc(C2C(=O)NCCN2C(=O)C2CCCO2)cc1. The van der Waals surface area contributed by atoms with E-state index in [-0.39, 0.29) is 17.9 Å². The molecule has 1 N–H and O–H groups in total. The predicted molar refractivity (Wildman–Crippen MR) is 77.6 cm³/mol. The lowest BCUT2D eigenvalue weighted by Gasteiger charge is -2.36. The Morgan fingerprint density at radius 3 is 2.76 bits per heavy atom. The second-order valence-electron chi connectivity index (χ2n) is 5.64. The zero-order valence-electron chi connectivity index (χ0n) is 12.2. The van der Waals surface area contributed by atoms with Crippen LogP contribution in [0.3, 0.4) is 0 Å². The summed E-state index contributed by atoms with van der Waals surface area (Å²) in [6.07, 6.45) is 1.27. The summed E-state index contributed by atoms with van der Waals surface area (Å²) in [6.45, 7) is 3.66. The first-order valence-electron chi connectivity index (χ1n) is 7.43. The molecule has 2 amide bonds. The number of amides is 2. The normalized spacial score (nSPS) is 25.8. The van der Waals surface area contributed by atoms with E-state index in [1.807, 2.05) is 31.2 Å². The Kier molecular flexibility index (Phi) is 3.92. The lowest BCUT2D eigenvalue weighted by Crippen LogP contribution is -2.54. The molecule has 2 aliphatic rings. The van der Waals surface area contributed by atoms with Crippen molar-refractivity contribution in [3.8, 4) is 0 Å². The molecule has 1 aromatic carbocycles. The molecule has 0 radical (unpaired) electrons. The Morgan fingerprint density at radius 2 is 2.10 bits per heavy atom. The van der Waals surface area contributed by atoms with Gasteiger partial charge in [0.1, 0.15) is 12.1 Å². The largest absolute Gasteiger partial charge is 0.368 e. The van der Waals surface area contributed by atoms with Crippen LogP contribution in [-0.2, 0) is 14.3 Å². The van der Waals surface area contributed by atoms with E-state index < -0.39 is 6.04 Å². The first-order chi connectivity index (χ1) is 10.2. The average Bonchev–Trinajstić information content (AvgIpc) is 3.02. The highest BCUT2D eigenvalue weighted by atomic mass is 16.5. The minimum absolute atomic E-state index is 0.0621. The third kappa shape index (κ3) is 2.78. The summed E-state index contributed by atoms with van der Waals surface area (Å²) in [5.74, 6) is -0.177. The van der Waals surface area contributed by atoms with Crippen LogP contribution in [0, 0.1) is 6.92 Å². The van der Waals surface area contributed by atoms with E-state index in [4.69, 9.17) is 4.74 Å². The summed E-state index contributed by atoms with van der Waals surface area (Å²) >= 11 is 0. The molecule has 5 heteroatoms. The first-order valence-corrected chi connectivity index (χ1v) is 7.43. The van der Waals surface area contributed by atoms with Gasteiger partial charge in [0.2, 0.25) is 5.91 Å². The van der Waals surface area contributed by atoms with Gasteiger partial charge < -0.3 is 15.0 Å². The van der Waals surface area contributed by atoms with Gasteiger partial charge in [-0.1, -0.05) is 29.8 Å². The van der Waals surface area contributed by atoms with Gasteiger partial charge in [-0.15, -0.1) is 0 Å². The summed E-state index contributed by atoms with van der Waals surface area (Å²) in [5, 5.41) is 2.85. The minimum atomic E-state index is -0.545. The number of hydrogen-bond acceptors (Lipinski definition) is 3. The molecule has 2 saturated heterocycles. The van der Waals surface area contributed by atoms with Crippen molar-refractivity contribution in [2.24, 2.45) is 0 Å². The van der Waals surface area contributed by atoms with Crippen LogP contribution in [0.4, 0.5) is 0 Å². The lowest BCUT2D eigenvalue weighted by atomic mass is 10.00. The van der Waals surface area contributed by atoms with Crippen molar-refractivity contribution in [3.63, 3.8) is 0 Å². The van der Waals surface area contributed by atoms with Crippen LogP contribution in [-0.4, -0.2) is 42.5 Å². The van der Waals surface area contributed by atoms with E-state index >= 15 is 0 Å². The minimum Gasteiger partial charge on any atom is -0.368 e. The Morgan fingerprint density at radius 1 is 1.33 bits per heavy atom. The van der Waals surface area contributed by atoms with Crippen LogP contribution in [0.25, 0.3) is 0 Å². The second kappa shape index (κ2) is 5.85. The molecule has 2 heterocycles. The number of rotatable bonds is 2. The van der Waals surface area contributed by atoms with Crippen molar-refractivity contribution in [1.29, 1.82) is 0 Å². The molecule has 112 valence electrons. The molecule has 0 aromatic heterocycles. The zero-order valence-corrected chi connectivity index (χ0v) is 12.2. The van der Waals surface area contributed by atoms with Crippen molar-refractivity contribution in [2.75, 3.05) is 19.7 Å². The lowest BCUT2D eigenvalue weighted by molar-refractivity contribution is -0.150. The smallest absolute Gasteiger partial charge is 0.252 e. The average molecular weight is 288 g/mol. The predicted octanol–water partition coefficient (Wildman–Crippen LogP) is 1.17. The number of carbonyl (C=O) groups is 2. The highest BCUT2D eigenvalue weighted by Gasteiger charge is 2.38. The quantitative estimate of drug-likeness (QED) is 0.889. The highest BCUT2D eigenvalue weighted by Crippen LogP contribution is 2.26. The van der Waals surface area contributed by atoms with Gasteiger partial charge in [-0.3, -0.25) is 9.59 Å². The molecule has 0 aliphatic carbocycles. The fourth-order valence-corrected chi connectivity index (χ4v) is 2.94. The highest BCUT2D eigenvalue weighted by molar-refractivity contribution is 5.91. The Balaban J connectivity index is 1.87. The summed E-state index contributed by atoms with van der Waals surface area (Å²) in [5.41, 5.74) is 1.98. The number of benzene rings is 1. The van der Waals surface area contributed by atoms with Gasteiger partial charge in [0.25, 0.3) is 5.91 Å². The van der Waals surface area contributed by atoms with Crippen molar-refractivity contribution >= 4 is 11.8 Å². The Bertz CT molecular complexity index is 535. The number of nitrogens with zero attached hydrogens (tertiary/aromatic N) is 1. The van der Waals surface area contributed by atoms with E-state index in [0.717, 1.165) is 24.0 Å². The van der Waals surface area contributed by atoms with Crippen LogP contribution in [0.15, 0.2) is 24.3 Å². The van der Waals surface area contributed by atoms with Crippen LogP contribution >= 0.6 is 0 Å². The molecule has 2 atom stereocenters. The standard InChI is InChI=1S/C16H20N2O3/c1-11-4-6-12(7-5-11)14-15(19)17-8-9-18(14)16(20)13-3-2-10-21-13/h4-7,13-14H,2-3,8-10H2,1H3,(H,17,19). The number of aryl methyl sites for hydroxylation is 1. The van der Waals surface area contributed by atoms with Gasteiger partial charge in [-0.2, -0.15) is 0 Å². The van der Waals surface area contributed by atoms with E-state index in [2.05, 4.69) is 5.32 Å².